The molecule has 2 aromatic carbocycles. The van der Waals surface area contributed by atoms with E-state index in [0.29, 0.717) is 5.56 Å². The van der Waals surface area contributed by atoms with E-state index in [9.17, 15) is 18.0 Å². The first-order valence-corrected chi connectivity index (χ1v) is 9.09. The summed E-state index contributed by atoms with van der Waals surface area (Å²) in [5.74, 6) is -1.53. The molecular weight excluding hydrogens is 342 g/mol. The number of rotatable bonds is 7. The summed E-state index contributed by atoms with van der Waals surface area (Å²) in [5, 5.41) is 9.15. The summed E-state index contributed by atoms with van der Waals surface area (Å²) in [7, 11) is -4.03. The molecule has 0 bridgehead atoms. The monoisotopic (exact) mass is 361 g/mol. The van der Waals surface area contributed by atoms with Crippen molar-refractivity contribution in [2.75, 3.05) is 0 Å². The highest BCUT2D eigenvalue weighted by atomic mass is 32.2. The standard InChI is InChI=1S/C18H19NO5S/c1-12-8-9-15(11-16(12)18(21)22)25(23,24)19-17(13(2)20)10-14-6-4-3-5-7-14/h3-9,11,17,19H,10H2,1-2H3,(H,21,22)/t17-/m1/s1. The van der Waals surface area contributed by atoms with Gasteiger partial charge in [-0.3, -0.25) is 4.79 Å². The molecule has 0 unspecified atom stereocenters. The van der Waals surface area contributed by atoms with Gasteiger partial charge in [0.15, 0.2) is 0 Å². The molecule has 0 aliphatic carbocycles. The fourth-order valence-corrected chi connectivity index (χ4v) is 3.65. The molecule has 6 nitrogen and oxygen atoms in total. The zero-order valence-corrected chi connectivity index (χ0v) is 14.7. The first kappa shape index (κ1) is 18.8. The Morgan fingerprint density at radius 3 is 2.32 bits per heavy atom. The van der Waals surface area contributed by atoms with Crippen molar-refractivity contribution in [3.05, 3.63) is 65.2 Å². The normalized spacial score (nSPS) is 12.6. The van der Waals surface area contributed by atoms with E-state index in [-0.39, 0.29) is 22.7 Å². The molecule has 0 saturated carbocycles. The maximum Gasteiger partial charge on any atom is 0.335 e. The predicted molar refractivity (Wildman–Crippen MR) is 93.1 cm³/mol. The second-order valence-electron chi connectivity index (χ2n) is 5.76. The van der Waals surface area contributed by atoms with E-state index in [4.69, 9.17) is 5.11 Å². The predicted octanol–water partition coefficient (Wildman–Crippen LogP) is 2.17. The molecule has 2 N–H and O–H groups in total. The summed E-state index contributed by atoms with van der Waals surface area (Å²) >= 11 is 0. The number of carboxylic acid groups (broad SMARTS) is 1. The number of carbonyl (C=O) groups is 2. The maximum atomic E-state index is 12.6. The van der Waals surface area contributed by atoms with E-state index in [1.165, 1.54) is 19.1 Å². The van der Waals surface area contributed by atoms with Crippen molar-refractivity contribution in [2.24, 2.45) is 0 Å². The lowest BCUT2D eigenvalue weighted by atomic mass is 10.0. The third-order valence-electron chi connectivity index (χ3n) is 3.82. The molecule has 1 atom stereocenters. The van der Waals surface area contributed by atoms with Crippen LogP contribution in [0.4, 0.5) is 0 Å². The van der Waals surface area contributed by atoms with Gasteiger partial charge >= 0.3 is 5.97 Å². The van der Waals surface area contributed by atoms with Crippen molar-refractivity contribution in [3.63, 3.8) is 0 Å². The average molecular weight is 361 g/mol. The van der Waals surface area contributed by atoms with Gasteiger partial charge in [-0.25, -0.2) is 17.9 Å². The van der Waals surface area contributed by atoms with Crippen molar-refractivity contribution < 1.29 is 23.1 Å². The first-order valence-electron chi connectivity index (χ1n) is 7.61. The minimum atomic E-state index is -4.03. The van der Waals surface area contributed by atoms with E-state index in [1.54, 1.807) is 31.2 Å². The lowest BCUT2D eigenvalue weighted by molar-refractivity contribution is -0.118. The second-order valence-corrected chi connectivity index (χ2v) is 7.47. The lowest BCUT2D eigenvalue weighted by Gasteiger charge is -2.17. The molecule has 25 heavy (non-hydrogen) atoms. The fraction of sp³-hybridized carbons (Fsp3) is 0.222. The summed E-state index contributed by atoms with van der Waals surface area (Å²) in [6.45, 7) is 2.90. The van der Waals surface area contributed by atoms with Gasteiger partial charge in [-0.05, 0) is 43.5 Å². The molecule has 0 fully saturated rings. The van der Waals surface area contributed by atoms with Crippen molar-refractivity contribution in [1.82, 2.24) is 4.72 Å². The van der Waals surface area contributed by atoms with Crippen molar-refractivity contribution in [2.45, 2.75) is 31.2 Å². The molecule has 0 radical (unpaired) electrons. The molecule has 7 heteroatoms. The largest absolute Gasteiger partial charge is 0.478 e. The number of ketones is 1. The molecule has 132 valence electrons. The summed E-state index contributed by atoms with van der Waals surface area (Å²) < 4.78 is 27.5. The average Bonchev–Trinajstić information content (AvgIpc) is 2.54. The molecule has 0 saturated heterocycles. The highest BCUT2D eigenvalue weighted by molar-refractivity contribution is 7.89. The molecule has 0 aromatic heterocycles. The minimum Gasteiger partial charge on any atom is -0.478 e. The number of sulfonamides is 1. The van der Waals surface area contributed by atoms with Crippen LogP contribution in [-0.2, 0) is 21.2 Å². The molecule has 0 spiro atoms. The third kappa shape index (κ3) is 4.74. The highest BCUT2D eigenvalue weighted by Crippen LogP contribution is 2.17. The topological polar surface area (TPSA) is 101 Å². The Balaban J connectivity index is 2.30. The van der Waals surface area contributed by atoms with Crippen LogP contribution >= 0.6 is 0 Å². The van der Waals surface area contributed by atoms with Gasteiger partial charge in [-0.1, -0.05) is 36.4 Å². The zero-order chi connectivity index (χ0) is 18.6. The Morgan fingerprint density at radius 1 is 1.12 bits per heavy atom. The zero-order valence-electron chi connectivity index (χ0n) is 13.9. The molecule has 0 amide bonds. The summed E-state index contributed by atoms with van der Waals surface area (Å²) in [4.78, 5) is 22.9. The summed E-state index contributed by atoms with van der Waals surface area (Å²) in [6.07, 6.45) is 0.215. The Labute approximate surface area is 146 Å². The first-order chi connectivity index (χ1) is 11.7. The number of carboxylic acids is 1. The molecule has 2 aromatic rings. The second kappa shape index (κ2) is 7.58. The van der Waals surface area contributed by atoms with E-state index in [0.717, 1.165) is 11.6 Å². The van der Waals surface area contributed by atoms with Crippen LogP contribution in [0.15, 0.2) is 53.4 Å². The molecule has 0 aliphatic heterocycles. The van der Waals surface area contributed by atoms with Gasteiger partial charge in [0.2, 0.25) is 10.0 Å². The van der Waals surface area contributed by atoms with Crippen LogP contribution in [0.1, 0.15) is 28.4 Å². The smallest absolute Gasteiger partial charge is 0.335 e. The Kier molecular flexibility index (Phi) is 5.71. The van der Waals surface area contributed by atoms with Gasteiger partial charge in [0.25, 0.3) is 0 Å². The van der Waals surface area contributed by atoms with Gasteiger partial charge in [-0.2, -0.15) is 0 Å². The Hall–Kier alpha value is -2.51. The number of aryl methyl sites for hydroxylation is 1. The van der Waals surface area contributed by atoms with Gasteiger partial charge in [0, 0.05) is 0 Å². The van der Waals surface area contributed by atoms with Gasteiger partial charge < -0.3 is 5.11 Å². The Morgan fingerprint density at radius 2 is 1.76 bits per heavy atom. The summed E-state index contributed by atoms with van der Waals surface area (Å²) in [6, 6.07) is 12.0. The van der Waals surface area contributed by atoms with Crippen LogP contribution in [0.3, 0.4) is 0 Å². The third-order valence-corrected chi connectivity index (χ3v) is 5.29. The summed E-state index contributed by atoms with van der Waals surface area (Å²) in [5.41, 5.74) is 1.18. The number of benzene rings is 2. The quantitative estimate of drug-likeness (QED) is 0.787. The number of hydrogen-bond donors (Lipinski definition) is 2. The highest BCUT2D eigenvalue weighted by Gasteiger charge is 2.24. The van der Waals surface area contributed by atoms with Gasteiger partial charge in [-0.15, -0.1) is 0 Å². The number of carbonyl (C=O) groups excluding carboxylic acids is 1. The molecular formula is C18H19NO5S. The Bertz CT molecular complexity index is 891. The number of Topliss-reactive ketones (excluding diaryl/α,β-unsaturated/α-hetero) is 1. The van der Waals surface area contributed by atoms with Crippen LogP contribution in [0.5, 0.6) is 0 Å². The molecule has 0 aliphatic rings. The van der Waals surface area contributed by atoms with E-state index < -0.39 is 22.0 Å². The van der Waals surface area contributed by atoms with E-state index >= 15 is 0 Å². The van der Waals surface area contributed by atoms with Crippen LogP contribution in [0, 0.1) is 6.92 Å². The SMILES string of the molecule is CC(=O)[C@@H](Cc1ccccc1)NS(=O)(=O)c1ccc(C)c(C(=O)O)c1. The van der Waals surface area contributed by atoms with Crippen LogP contribution < -0.4 is 4.72 Å². The molecule has 2 rings (SSSR count). The van der Waals surface area contributed by atoms with Crippen LogP contribution in [0.25, 0.3) is 0 Å². The maximum absolute atomic E-state index is 12.6. The van der Waals surface area contributed by atoms with E-state index in [1.807, 2.05) is 6.07 Å². The number of aromatic carboxylic acids is 1. The van der Waals surface area contributed by atoms with Gasteiger partial charge in [0.05, 0.1) is 16.5 Å². The fourth-order valence-electron chi connectivity index (χ4n) is 2.37. The number of nitrogens with one attached hydrogen (secondary N) is 1. The minimum absolute atomic E-state index is 0.0923. The number of hydrogen-bond acceptors (Lipinski definition) is 4. The van der Waals surface area contributed by atoms with Crippen molar-refractivity contribution in [1.29, 1.82) is 0 Å². The lowest BCUT2D eigenvalue weighted by Crippen LogP contribution is -2.41. The van der Waals surface area contributed by atoms with Crippen LogP contribution in [-0.4, -0.2) is 31.3 Å². The van der Waals surface area contributed by atoms with Crippen molar-refractivity contribution >= 4 is 21.8 Å². The molecule has 0 heterocycles. The van der Waals surface area contributed by atoms with E-state index in [2.05, 4.69) is 4.72 Å². The van der Waals surface area contributed by atoms with Gasteiger partial charge in [0.1, 0.15) is 5.78 Å². The van der Waals surface area contributed by atoms with Crippen LogP contribution in [0.2, 0.25) is 0 Å². The van der Waals surface area contributed by atoms with Crippen molar-refractivity contribution in [3.8, 4) is 0 Å².